The van der Waals surface area contributed by atoms with E-state index in [1.54, 1.807) is 0 Å². The second-order valence-corrected chi connectivity index (χ2v) is 17.5. The third kappa shape index (κ3) is 7.86. The number of hydrogen-bond donors (Lipinski definition) is 0. The Morgan fingerprint density at radius 2 is 0.652 bits per heavy atom. The third-order valence-electron chi connectivity index (χ3n) is 13.1. The largest absolute Gasteiger partial charge is 0.308 e. The highest BCUT2D eigenvalue weighted by Crippen LogP contribution is 2.42. The van der Waals surface area contributed by atoms with Crippen LogP contribution >= 0.6 is 0 Å². The van der Waals surface area contributed by atoms with Gasteiger partial charge in [0.05, 0.1) is 39.5 Å². The molecule has 5 heteroatoms. The van der Waals surface area contributed by atoms with E-state index in [-0.39, 0.29) is 0 Å². The second-order valence-electron chi connectivity index (χ2n) is 17.5. The molecule has 9 aromatic carbocycles. The summed E-state index contributed by atoms with van der Waals surface area (Å²) in [5, 5.41) is 2.33. The van der Waals surface area contributed by atoms with Gasteiger partial charge in [0.2, 0.25) is 0 Å². The van der Waals surface area contributed by atoms with Crippen molar-refractivity contribution in [3.05, 3.63) is 248 Å². The minimum atomic E-state index is 0.607. The van der Waals surface area contributed by atoms with E-state index in [1.165, 1.54) is 33.4 Å². The fraction of sp³-hybridized carbons (Fsp3) is 0.0312. The van der Waals surface area contributed by atoms with Gasteiger partial charge in [-0.05, 0) is 95.8 Å². The topological polar surface area (TPSA) is 56.5 Å². The molecule has 0 unspecified atom stereocenters. The van der Waals surface area contributed by atoms with Crippen LogP contribution in [0.2, 0.25) is 0 Å². The van der Waals surface area contributed by atoms with Gasteiger partial charge in [-0.15, -0.1) is 0 Å². The molecule has 5 nitrogen and oxygen atoms in total. The summed E-state index contributed by atoms with van der Waals surface area (Å²) in [6.07, 6.45) is 0. The van der Waals surface area contributed by atoms with Crippen molar-refractivity contribution in [1.29, 1.82) is 0 Å². The normalized spacial score (nSPS) is 11.3. The zero-order valence-corrected chi connectivity index (χ0v) is 38.3. The van der Waals surface area contributed by atoms with Crippen LogP contribution in [0.15, 0.2) is 237 Å². The summed E-state index contributed by atoms with van der Waals surface area (Å²) in [5.74, 6) is 1.26. The van der Waals surface area contributed by atoms with Crippen LogP contribution < -0.4 is 0 Å². The molecular formula is C64H45N5. The van der Waals surface area contributed by atoms with Crippen molar-refractivity contribution in [3.63, 3.8) is 0 Å². The predicted octanol–water partition coefficient (Wildman–Crippen LogP) is 16.3. The smallest absolute Gasteiger partial charge is 0.162 e. The number of aryl methyl sites for hydroxylation is 2. The molecule has 0 N–H and O–H groups in total. The molecular weight excluding hydrogens is 839 g/mol. The van der Waals surface area contributed by atoms with E-state index in [9.17, 15) is 0 Å². The van der Waals surface area contributed by atoms with Crippen LogP contribution in [-0.4, -0.2) is 24.5 Å². The van der Waals surface area contributed by atoms with Gasteiger partial charge in [0.15, 0.2) is 11.6 Å². The molecule has 3 heterocycles. The molecule has 326 valence electrons. The summed E-state index contributed by atoms with van der Waals surface area (Å²) in [6.45, 7) is 4.37. The fourth-order valence-electron chi connectivity index (χ4n) is 9.63. The second kappa shape index (κ2) is 17.6. The summed E-state index contributed by atoms with van der Waals surface area (Å²) in [6, 6.07) is 83.2. The molecule has 0 saturated carbocycles. The quantitative estimate of drug-likeness (QED) is 0.145. The Bertz CT molecular complexity index is 3620. The lowest BCUT2D eigenvalue weighted by Crippen LogP contribution is -2.03. The highest BCUT2D eigenvalue weighted by atomic mass is 15.0. The molecule has 12 aromatic rings. The maximum absolute atomic E-state index is 5.46. The predicted molar refractivity (Wildman–Crippen MR) is 285 cm³/mol. The van der Waals surface area contributed by atoms with Crippen LogP contribution in [0.25, 0.3) is 118 Å². The Kier molecular flexibility index (Phi) is 10.6. The van der Waals surface area contributed by atoms with Crippen LogP contribution in [0.4, 0.5) is 0 Å². The van der Waals surface area contributed by atoms with Gasteiger partial charge in [-0.3, -0.25) is 0 Å². The number of fused-ring (bicyclic) bond motifs is 3. The van der Waals surface area contributed by atoms with Crippen molar-refractivity contribution >= 4 is 21.8 Å². The lowest BCUT2D eigenvalue weighted by Gasteiger charge is -2.17. The number of nitrogens with zero attached hydrogens (tertiary/aromatic N) is 5. The molecule has 0 aliphatic heterocycles. The first-order valence-corrected chi connectivity index (χ1v) is 23.4. The summed E-state index contributed by atoms with van der Waals surface area (Å²) < 4.78 is 2.40. The first-order chi connectivity index (χ1) is 34.0. The van der Waals surface area contributed by atoms with E-state index in [1.807, 2.05) is 48.5 Å². The van der Waals surface area contributed by atoms with Gasteiger partial charge in [0.25, 0.3) is 0 Å². The van der Waals surface area contributed by atoms with E-state index < -0.39 is 0 Å². The van der Waals surface area contributed by atoms with Gasteiger partial charge in [0.1, 0.15) is 0 Å². The zero-order valence-electron chi connectivity index (χ0n) is 38.3. The Morgan fingerprint density at radius 1 is 0.275 bits per heavy atom. The first kappa shape index (κ1) is 41.4. The van der Waals surface area contributed by atoms with Gasteiger partial charge in [-0.25, -0.2) is 19.9 Å². The average Bonchev–Trinajstić information content (AvgIpc) is 3.74. The Balaban J connectivity index is 1.16. The number of hydrogen-bond acceptors (Lipinski definition) is 4. The van der Waals surface area contributed by atoms with Crippen LogP contribution in [0.3, 0.4) is 0 Å². The standard InChI is InChI=1S/C64H45N5/c1-42-19-15-17-29-51(42)48-31-34-60-53(37-48)54-38-49(52-30-18-16-20-43(52)2)32-35-61(54)69(60)62-36-33-50(59-41-56(44-21-7-3-8-22-44)65-63(66-59)47-27-13-6-14-28-47)39-55(62)64-67-57(45-23-9-4-10-24-45)40-58(68-64)46-25-11-5-12-26-46/h3-41H,1-2H3. The van der Waals surface area contributed by atoms with E-state index >= 15 is 0 Å². The maximum atomic E-state index is 5.46. The molecule has 3 aromatic heterocycles. The molecule has 0 aliphatic rings. The third-order valence-corrected chi connectivity index (χ3v) is 13.1. The van der Waals surface area contributed by atoms with E-state index in [4.69, 9.17) is 19.9 Å². The molecule has 0 atom stereocenters. The SMILES string of the molecule is Cc1ccccc1-c1ccc2c(c1)c1cc(-c3ccccc3C)ccc1n2-c1ccc(-c2cc(-c3ccccc3)nc(-c3ccccc3)n2)cc1-c1nc(-c2ccccc2)cc(-c2ccccc2)n1. The summed E-state index contributed by atoms with van der Waals surface area (Å²) in [5.41, 5.74) is 19.5. The summed E-state index contributed by atoms with van der Waals surface area (Å²) in [7, 11) is 0. The molecule has 0 spiro atoms. The fourth-order valence-corrected chi connectivity index (χ4v) is 9.63. The van der Waals surface area contributed by atoms with E-state index in [0.717, 1.165) is 83.6 Å². The zero-order chi connectivity index (χ0) is 46.3. The van der Waals surface area contributed by atoms with E-state index in [0.29, 0.717) is 11.6 Å². The minimum absolute atomic E-state index is 0.607. The number of aromatic nitrogens is 5. The van der Waals surface area contributed by atoms with Gasteiger partial charge < -0.3 is 4.57 Å². The van der Waals surface area contributed by atoms with Crippen LogP contribution in [0.5, 0.6) is 0 Å². The van der Waals surface area contributed by atoms with Gasteiger partial charge in [0, 0.05) is 44.2 Å². The lowest BCUT2D eigenvalue weighted by atomic mass is 9.97. The molecule has 0 saturated heterocycles. The van der Waals surface area contributed by atoms with Gasteiger partial charge >= 0.3 is 0 Å². The Hall–Kier alpha value is -9.06. The Labute approximate surface area is 401 Å². The average molecular weight is 884 g/mol. The van der Waals surface area contributed by atoms with Gasteiger partial charge in [-0.1, -0.05) is 188 Å². The van der Waals surface area contributed by atoms with Crippen LogP contribution in [0, 0.1) is 13.8 Å². The van der Waals surface area contributed by atoms with E-state index in [2.05, 4.69) is 206 Å². The summed E-state index contributed by atoms with van der Waals surface area (Å²) >= 11 is 0. The molecule has 0 radical (unpaired) electrons. The Morgan fingerprint density at radius 3 is 1.10 bits per heavy atom. The first-order valence-electron chi connectivity index (χ1n) is 23.4. The van der Waals surface area contributed by atoms with Crippen molar-refractivity contribution in [2.45, 2.75) is 13.8 Å². The molecule has 12 rings (SSSR count). The van der Waals surface area contributed by atoms with Crippen molar-refractivity contribution in [3.8, 4) is 95.7 Å². The highest BCUT2D eigenvalue weighted by Gasteiger charge is 2.22. The summed E-state index contributed by atoms with van der Waals surface area (Å²) in [4.78, 5) is 21.3. The van der Waals surface area contributed by atoms with Crippen molar-refractivity contribution in [2.75, 3.05) is 0 Å². The van der Waals surface area contributed by atoms with Crippen molar-refractivity contribution < 1.29 is 0 Å². The number of rotatable bonds is 9. The van der Waals surface area contributed by atoms with Crippen LogP contribution in [-0.2, 0) is 0 Å². The maximum Gasteiger partial charge on any atom is 0.162 e. The minimum Gasteiger partial charge on any atom is -0.308 e. The van der Waals surface area contributed by atoms with Gasteiger partial charge in [-0.2, -0.15) is 0 Å². The molecule has 0 amide bonds. The molecule has 69 heavy (non-hydrogen) atoms. The highest BCUT2D eigenvalue weighted by molar-refractivity contribution is 6.12. The van der Waals surface area contributed by atoms with Crippen LogP contribution in [0.1, 0.15) is 11.1 Å². The molecule has 0 aliphatic carbocycles. The molecule has 0 bridgehead atoms. The number of benzene rings is 9. The molecule has 0 fully saturated rings. The van der Waals surface area contributed by atoms with Crippen molar-refractivity contribution in [1.82, 2.24) is 24.5 Å². The lowest BCUT2D eigenvalue weighted by molar-refractivity contribution is 1.13. The van der Waals surface area contributed by atoms with Crippen molar-refractivity contribution in [2.24, 2.45) is 0 Å². The monoisotopic (exact) mass is 883 g/mol.